The summed E-state index contributed by atoms with van der Waals surface area (Å²) >= 11 is 6.13. The van der Waals surface area contributed by atoms with E-state index in [4.69, 9.17) is 11.6 Å². The summed E-state index contributed by atoms with van der Waals surface area (Å²) < 4.78 is 0. The van der Waals surface area contributed by atoms with E-state index in [-0.39, 0.29) is 0 Å². The molecule has 0 radical (unpaired) electrons. The number of rotatable bonds is 5. The Bertz CT molecular complexity index is 222. The highest BCUT2D eigenvalue weighted by Gasteiger charge is 2.22. The third kappa shape index (κ3) is 4.42. The molecule has 2 aliphatic rings. The second-order valence-electron chi connectivity index (χ2n) is 5.90. The second-order valence-corrected chi connectivity index (χ2v) is 6.52. The van der Waals surface area contributed by atoms with Crippen molar-refractivity contribution in [1.82, 2.24) is 10.2 Å². The Morgan fingerprint density at radius 3 is 2.82 bits per heavy atom. The summed E-state index contributed by atoms with van der Waals surface area (Å²) in [5.74, 6) is 0.835. The third-order valence-corrected chi connectivity index (χ3v) is 4.88. The van der Waals surface area contributed by atoms with Crippen LogP contribution in [0.2, 0.25) is 0 Å². The molecule has 2 fully saturated rings. The van der Waals surface area contributed by atoms with Crippen LogP contribution < -0.4 is 5.32 Å². The van der Waals surface area contributed by atoms with Crippen molar-refractivity contribution in [2.45, 2.75) is 56.4 Å². The van der Waals surface area contributed by atoms with E-state index < -0.39 is 0 Å². The van der Waals surface area contributed by atoms with Gasteiger partial charge in [0, 0.05) is 11.4 Å². The van der Waals surface area contributed by atoms with Gasteiger partial charge in [-0.2, -0.15) is 0 Å². The minimum Gasteiger partial charge on any atom is -0.316 e. The molecular weight excluding hydrogens is 232 g/mol. The molecule has 1 heterocycles. The summed E-state index contributed by atoms with van der Waals surface area (Å²) in [6, 6.07) is 0.820. The maximum absolute atomic E-state index is 6.13. The number of hydrogen-bond donors (Lipinski definition) is 1. The standard InChI is InChI=1S/C14H27ClN2/c1-17-9-3-2-4-14(17)7-8-16-11-12-5-6-13(15)10-12/h12-14,16H,2-11H2,1H3. The molecule has 0 spiro atoms. The predicted octanol–water partition coefficient (Wildman–Crippen LogP) is 2.86. The van der Waals surface area contributed by atoms with Gasteiger partial charge in [0.05, 0.1) is 0 Å². The van der Waals surface area contributed by atoms with Crippen molar-refractivity contribution in [2.75, 3.05) is 26.7 Å². The molecule has 0 aromatic rings. The van der Waals surface area contributed by atoms with Crippen molar-refractivity contribution in [3.8, 4) is 0 Å². The van der Waals surface area contributed by atoms with Gasteiger partial charge in [0.15, 0.2) is 0 Å². The van der Waals surface area contributed by atoms with Crippen LogP contribution in [-0.4, -0.2) is 43.0 Å². The number of nitrogens with zero attached hydrogens (tertiary/aromatic N) is 1. The molecule has 1 aliphatic carbocycles. The number of hydrogen-bond acceptors (Lipinski definition) is 2. The smallest absolute Gasteiger partial charge is 0.0339 e. The molecule has 0 aromatic carbocycles. The first kappa shape index (κ1) is 13.6. The molecule has 3 unspecified atom stereocenters. The average Bonchev–Trinajstić information content (AvgIpc) is 2.73. The Hall–Kier alpha value is 0.210. The molecule has 0 amide bonds. The van der Waals surface area contributed by atoms with E-state index in [0.717, 1.165) is 12.0 Å². The van der Waals surface area contributed by atoms with Crippen molar-refractivity contribution < 1.29 is 0 Å². The van der Waals surface area contributed by atoms with Gasteiger partial charge in [-0.1, -0.05) is 6.42 Å². The summed E-state index contributed by atoms with van der Waals surface area (Å²) in [6.07, 6.45) is 9.28. The zero-order valence-corrected chi connectivity index (χ0v) is 11.9. The van der Waals surface area contributed by atoms with Crippen molar-refractivity contribution in [3.63, 3.8) is 0 Å². The van der Waals surface area contributed by atoms with Crippen LogP contribution in [-0.2, 0) is 0 Å². The van der Waals surface area contributed by atoms with Crippen molar-refractivity contribution in [3.05, 3.63) is 0 Å². The van der Waals surface area contributed by atoms with Crippen LogP contribution in [0.5, 0.6) is 0 Å². The number of alkyl halides is 1. The van der Waals surface area contributed by atoms with Crippen LogP contribution in [0.25, 0.3) is 0 Å². The number of nitrogens with one attached hydrogen (secondary N) is 1. The quantitative estimate of drug-likeness (QED) is 0.603. The maximum atomic E-state index is 6.13. The highest BCUT2D eigenvalue weighted by atomic mass is 35.5. The first-order valence-corrected chi connectivity index (χ1v) is 7.74. The Labute approximate surface area is 111 Å². The van der Waals surface area contributed by atoms with Gasteiger partial charge in [-0.05, 0) is 71.1 Å². The van der Waals surface area contributed by atoms with Crippen LogP contribution in [0.15, 0.2) is 0 Å². The molecule has 2 rings (SSSR count). The first-order valence-electron chi connectivity index (χ1n) is 7.30. The molecule has 100 valence electrons. The van der Waals surface area contributed by atoms with Gasteiger partial charge in [0.25, 0.3) is 0 Å². The van der Waals surface area contributed by atoms with E-state index in [2.05, 4.69) is 17.3 Å². The normalized spacial score (nSPS) is 35.3. The summed E-state index contributed by atoms with van der Waals surface area (Å²) in [5, 5.41) is 4.08. The molecule has 3 atom stereocenters. The second kappa shape index (κ2) is 6.96. The van der Waals surface area contributed by atoms with E-state index in [1.54, 1.807) is 0 Å². The van der Waals surface area contributed by atoms with Gasteiger partial charge in [0.2, 0.25) is 0 Å². The molecular formula is C14H27ClN2. The fourth-order valence-electron chi connectivity index (χ4n) is 3.28. The Morgan fingerprint density at radius 2 is 2.12 bits per heavy atom. The van der Waals surface area contributed by atoms with Gasteiger partial charge in [0.1, 0.15) is 0 Å². The molecule has 1 saturated heterocycles. The SMILES string of the molecule is CN1CCCCC1CCNCC1CCC(Cl)C1. The van der Waals surface area contributed by atoms with Crippen LogP contribution in [0.3, 0.4) is 0 Å². The summed E-state index contributed by atoms with van der Waals surface area (Å²) in [6.45, 7) is 3.65. The van der Waals surface area contributed by atoms with Crippen LogP contribution in [0.1, 0.15) is 44.9 Å². The number of piperidine rings is 1. The van der Waals surface area contributed by atoms with Gasteiger partial charge < -0.3 is 10.2 Å². The fourth-order valence-corrected chi connectivity index (χ4v) is 3.66. The number of halogens is 1. The van der Waals surface area contributed by atoms with Crippen LogP contribution in [0.4, 0.5) is 0 Å². The zero-order chi connectivity index (χ0) is 12.1. The van der Waals surface area contributed by atoms with Crippen molar-refractivity contribution in [1.29, 1.82) is 0 Å². The topological polar surface area (TPSA) is 15.3 Å². The molecule has 3 heteroatoms. The lowest BCUT2D eigenvalue weighted by Gasteiger charge is -2.32. The highest BCUT2D eigenvalue weighted by Crippen LogP contribution is 2.28. The predicted molar refractivity (Wildman–Crippen MR) is 74.7 cm³/mol. The summed E-state index contributed by atoms with van der Waals surface area (Å²) in [4.78, 5) is 2.54. The Kier molecular flexibility index (Phi) is 5.58. The van der Waals surface area contributed by atoms with Gasteiger partial charge in [-0.25, -0.2) is 0 Å². The van der Waals surface area contributed by atoms with Gasteiger partial charge >= 0.3 is 0 Å². The van der Waals surface area contributed by atoms with Gasteiger partial charge in [-0.15, -0.1) is 11.6 Å². The summed E-state index contributed by atoms with van der Waals surface area (Å²) in [7, 11) is 2.28. The monoisotopic (exact) mass is 258 g/mol. The minimum atomic E-state index is 0.450. The van der Waals surface area contributed by atoms with Crippen molar-refractivity contribution >= 4 is 11.6 Å². The lowest BCUT2D eigenvalue weighted by molar-refractivity contribution is 0.175. The van der Waals surface area contributed by atoms with E-state index in [0.29, 0.717) is 5.38 Å². The van der Waals surface area contributed by atoms with Crippen LogP contribution >= 0.6 is 11.6 Å². The largest absolute Gasteiger partial charge is 0.316 e. The van der Waals surface area contributed by atoms with E-state index in [1.165, 1.54) is 64.6 Å². The lowest BCUT2D eigenvalue weighted by Crippen LogP contribution is -2.38. The van der Waals surface area contributed by atoms with Crippen LogP contribution in [0, 0.1) is 5.92 Å². The Balaban J connectivity index is 1.53. The maximum Gasteiger partial charge on any atom is 0.0339 e. The molecule has 1 aliphatic heterocycles. The number of likely N-dealkylation sites (tertiary alicyclic amines) is 1. The van der Waals surface area contributed by atoms with E-state index in [9.17, 15) is 0 Å². The van der Waals surface area contributed by atoms with E-state index >= 15 is 0 Å². The molecule has 2 nitrogen and oxygen atoms in total. The Morgan fingerprint density at radius 1 is 1.24 bits per heavy atom. The third-order valence-electron chi connectivity index (χ3n) is 4.49. The molecule has 1 N–H and O–H groups in total. The zero-order valence-electron chi connectivity index (χ0n) is 11.1. The highest BCUT2D eigenvalue weighted by molar-refractivity contribution is 6.20. The fraction of sp³-hybridized carbons (Fsp3) is 1.00. The molecule has 0 aromatic heterocycles. The lowest BCUT2D eigenvalue weighted by atomic mass is 10.00. The molecule has 0 bridgehead atoms. The minimum absolute atomic E-state index is 0.450. The summed E-state index contributed by atoms with van der Waals surface area (Å²) in [5.41, 5.74) is 0. The van der Waals surface area contributed by atoms with Gasteiger partial charge in [-0.3, -0.25) is 0 Å². The molecule has 17 heavy (non-hydrogen) atoms. The first-order chi connectivity index (χ1) is 8.25. The molecule has 1 saturated carbocycles. The van der Waals surface area contributed by atoms with E-state index in [1.807, 2.05) is 0 Å². The average molecular weight is 259 g/mol. The van der Waals surface area contributed by atoms with Crippen molar-refractivity contribution in [2.24, 2.45) is 5.92 Å².